The van der Waals surface area contributed by atoms with Crippen LogP contribution in [0.4, 0.5) is 0 Å². The van der Waals surface area contributed by atoms with Crippen molar-refractivity contribution in [2.75, 3.05) is 0 Å². The molecule has 1 rings (SSSR count). The van der Waals surface area contributed by atoms with E-state index in [4.69, 9.17) is 0 Å². The smallest absolute Gasteiger partial charge is 0.0506 e. The molecule has 0 saturated carbocycles. The third-order valence-corrected chi connectivity index (χ3v) is 2.57. The van der Waals surface area contributed by atoms with Crippen molar-refractivity contribution in [3.63, 3.8) is 0 Å². The van der Waals surface area contributed by atoms with E-state index in [-0.39, 0.29) is 0 Å². The number of rotatable bonds is 2. The molecule has 0 unspecified atom stereocenters. The number of hydrogen-bond donors (Lipinski definition) is 0. The molecule has 0 aliphatic heterocycles. The van der Waals surface area contributed by atoms with Gasteiger partial charge in [-0.15, -0.1) is 0 Å². The third-order valence-electron chi connectivity index (χ3n) is 1.72. The highest BCUT2D eigenvalue weighted by Crippen LogP contribution is 2.16. The van der Waals surface area contributed by atoms with Crippen molar-refractivity contribution in [2.24, 2.45) is 0 Å². The predicted octanol–water partition coefficient (Wildman–Crippen LogP) is 3.26. The van der Waals surface area contributed by atoms with Gasteiger partial charge in [-0.25, -0.2) is 4.37 Å². The summed E-state index contributed by atoms with van der Waals surface area (Å²) in [5.74, 6) is 0. The van der Waals surface area contributed by atoms with Crippen LogP contribution in [-0.4, -0.2) is 4.37 Å². The molecule has 0 bridgehead atoms. The van der Waals surface area contributed by atoms with E-state index in [2.05, 4.69) is 31.2 Å². The standard InChI is InChI=1S/C9H13NS/c1-4-7(2)5-9-8(3)6-10-11-9/h5-6H,4H2,1-3H3/b7-5+. The maximum atomic E-state index is 4.11. The van der Waals surface area contributed by atoms with Gasteiger partial charge in [0, 0.05) is 6.20 Å². The van der Waals surface area contributed by atoms with Gasteiger partial charge in [-0.1, -0.05) is 12.5 Å². The van der Waals surface area contributed by atoms with Crippen LogP contribution < -0.4 is 0 Å². The van der Waals surface area contributed by atoms with Gasteiger partial charge in [-0.3, -0.25) is 0 Å². The first kappa shape index (κ1) is 8.47. The summed E-state index contributed by atoms with van der Waals surface area (Å²) >= 11 is 1.57. The monoisotopic (exact) mass is 167 g/mol. The fraction of sp³-hybridized carbons (Fsp3) is 0.444. The molecule has 0 radical (unpaired) electrons. The van der Waals surface area contributed by atoms with Crippen LogP contribution in [-0.2, 0) is 0 Å². The zero-order valence-electron chi connectivity index (χ0n) is 7.22. The predicted molar refractivity (Wildman–Crippen MR) is 50.8 cm³/mol. The number of aromatic nitrogens is 1. The fourth-order valence-corrected chi connectivity index (χ4v) is 1.54. The Balaban J connectivity index is 2.86. The van der Waals surface area contributed by atoms with E-state index in [1.807, 2.05) is 6.20 Å². The van der Waals surface area contributed by atoms with Crippen LogP contribution >= 0.6 is 11.5 Å². The highest BCUT2D eigenvalue weighted by atomic mass is 32.1. The maximum Gasteiger partial charge on any atom is 0.0506 e. The van der Waals surface area contributed by atoms with Crippen molar-refractivity contribution in [2.45, 2.75) is 27.2 Å². The van der Waals surface area contributed by atoms with E-state index in [0.717, 1.165) is 6.42 Å². The van der Waals surface area contributed by atoms with Gasteiger partial charge in [-0.2, -0.15) is 0 Å². The summed E-state index contributed by atoms with van der Waals surface area (Å²) in [4.78, 5) is 1.30. The van der Waals surface area contributed by atoms with Crippen LogP contribution in [0.2, 0.25) is 0 Å². The Morgan fingerprint density at radius 3 is 2.91 bits per heavy atom. The molecular formula is C9H13NS. The highest BCUT2D eigenvalue weighted by molar-refractivity contribution is 7.06. The van der Waals surface area contributed by atoms with Gasteiger partial charge < -0.3 is 0 Å². The molecule has 0 fully saturated rings. The second-order valence-corrected chi connectivity index (χ2v) is 3.55. The van der Waals surface area contributed by atoms with Gasteiger partial charge >= 0.3 is 0 Å². The molecule has 0 amide bonds. The molecule has 11 heavy (non-hydrogen) atoms. The molecule has 0 N–H and O–H groups in total. The molecule has 1 nitrogen and oxygen atoms in total. The molecule has 0 aliphatic carbocycles. The van der Waals surface area contributed by atoms with Gasteiger partial charge in [0.2, 0.25) is 0 Å². The number of nitrogens with zero attached hydrogens (tertiary/aromatic N) is 1. The maximum absolute atomic E-state index is 4.11. The van der Waals surface area contributed by atoms with Crippen LogP contribution in [0.25, 0.3) is 6.08 Å². The van der Waals surface area contributed by atoms with Gasteiger partial charge in [0.05, 0.1) is 4.88 Å². The highest BCUT2D eigenvalue weighted by Gasteiger charge is 1.96. The summed E-state index contributed by atoms with van der Waals surface area (Å²) < 4.78 is 4.11. The first-order valence-electron chi connectivity index (χ1n) is 3.82. The molecule has 0 spiro atoms. The van der Waals surface area contributed by atoms with Crippen molar-refractivity contribution >= 4 is 17.6 Å². The number of aryl methyl sites for hydroxylation is 1. The van der Waals surface area contributed by atoms with Crippen molar-refractivity contribution in [1.29, 1.82) is 0 Å². The fourth-order valence-electron chi connectivity index (χ4n) is 0.764. The van der Waals surface area contributed by atoms with E-state index in [0.29, 0.717) is 0 Å². The molecule has 0 aromatic carbocycles. The summed E-state index contributed by atoms with van der Waals surface area (Å²) in [6, 6.07) is 0. The van der Waals surface area contributed by atoms with E-state index < -0.39 is 0 Å². The van der Waals surface area contributed by atoms with Gasteiger partial charge in [0.1, 0.15) is 0 Å². The molecule has 0 aliphatic rings. The molecule has 0 atom stereocenters. The lowest BCUT2D eigenvalue weighted by atomic mass is 10.2. The second-order valence-electron chi connectivity index (χ2n) is 2.72. The summed E-state index contributed by atoms with van der Waals surface area (Å²) in [6.45, 7) is 6.42. The normalized spacial score (nSPS) is 12.1. The van der Waals surface area contributed by atoms with Crippen LogP contribution in [0.3, 0.4) is 0 Å². The van der Waals surface area contributed by atoms with Crippen LogP contribution in [0.5, 0.6) is 0 Å². The largest absolute Gasteiger partial charge is 0.200 e. The minimum atomic E-state index is 1.12. The first-order valence-corrected chi connectivity index (χ1v) is 4.59. The van der Waals surface area contributed by atoms with Gasteiger partial charge in [0.25, 0.3) is 0 Å². The summed E-state index contributed by atoms with van der Waals surface area (Å²) in [7, 11) is 0. The zero-order chi connectivity index (χ0) is 8.27. The first-order chi connectivity index (χ1) is 5.24. The van der Waals surface area contributed by atoms with Crippen molar-refractivity contribution < 1.29 is 0 Å². The molecule has 0 saturated heterocycles. The van der Waals surface area contributed by atoms with E-state index in [1.54, 1.807) is 11.5 Å². The second kappa shape index (κ2) is 3.67. The Morgan fingerprint density at radius 1 is 1.73 bits per heavy atom. The van der Waals surface area contributed by atoms with E-state index in [9.17, 15) is 0 Å². The number of allylic oxidation sites excluding steroid dienone is 1. The summed E-state index contributed by atoms with van der Waals surface area (Å²) in [5, 5.41) is 0. The van der Waals surface area contributed by atoms with Crippen molar-refractivity contribution in [3.8, 4) is 0 Å². The molecule has 1 aromatic rings. The Labute approximate surface area is 71.9 Å². The summed E-state index contributed by atoms with van der Waals surface area (Å²) in [6.07, 6.45) is 5.25. The van der Waals surface area contributed by atoms with Crippen molar-refractivity contribution in [3.05, 3.63) is 22.2 Å². The summed E-state index contributed by atoms with van der Waals surface area (Å²) in [5.41, 5.74) is 2.69. The molecule has 1 heterocycles. The Hall–Kier alpha value is -0.630. The lowest BCUT2D eigenvalue weighted by Crippen LogP contribution is -1.72. The third kappa shape index (κ3) is 2.15. The lowest BCUT2D eigenvalue weighted by Gasteiger charge is -1.92. The average molecular weight is 167 g/mol. The minimum Gasteiger partial charge on any atom is -0.200 e. The SMILES string of the molecule is CC/C(C)=C/c1sncc1C. The van der Waals surface area contributed by atoms with Gasteiger partial charge in [-0.05, 0) is 43.4 Å². The molecule has 2 heteroatoms. The van der Waals surface area contributed by atoms with E-state index in [1.165, 1.54) is 16.0 Å². The average Bonchev–Trinajstić information content (AvgIpc) is 2.37. The van der Waals surface area contributed by atoms with Crippen molar-refractivity contribution in [1.82, 2.24) is 4.37 Å². The van der Waals surface area contributed by atoms with Crippen LogP contribution in [0.1, 0.15) is 30.7 Å². The quantitative estimate of drug-likeness (QED) is 0.658. The Kier molecular flexibility index (Phi) is 2.83. The Morgan fingerprint density at radius 2 is 2.45 bits per heavy atom. The Bertz CT molecular complexity index is 260. The molecular weight excluding hydrogens is 154 g/mol. The van der Waals surface area contributed by atoms with E-state index >= 15 is 0 Å². The number of hydrogen-bond acceptors (Lipinski definition) is 2. The van der Waals surface area contributed by atoms with Gasteiger partial charge in [0.15, 0.2) is 0 Å². The topological polar surface area (TPSA) is 12.9 Å². The van der Waals surface area contributed by atoms with Crippen LogP contribution in [0, 0.1) is 6.92 Å². The molecule has 60 valence electrons. The van der Waals surface area contributed by atoms with Crippen LogP contribution in [0.15, 0.2) is 11.8 Å². The minimum absolute atomic E-state index is 1.12. The lowest BCUT2D eigenvalue weighted by molar-refractivity contribution is 1.11. The molecule has 1 aromatic heterocycles. The zero-order valence-corrected chi connectivity index (χ0v) is 8.03.